The Bertz CT molecular complexity index is 1790. The van der Waals surface area contributed by atoms with Crippen LogP contribution in [0.4, 0.5) is 45.9 Å². The molecule has 0 spiro atoms. The fraction of sp³-hybridized carbons (Fsp3) is 0.438. The number of hydrogen-bond acceptors (Lipinski definition) is 7. The van der Waals surface area contributed by atoms with Crippen molar-refractivity contribution in [2.75, 3.05) is 18.0 Å². The molecular weight excluding hydrogens is 672 g/mol. The van der Waals surface area contributed by atoms with Crippen molar-refractivity contribution in [2.24, 2.45) is 5.92 Å². The molecule has 3 aliphatic rings. The SMILES string of the molecule is Cc1nc(N2CC(F)(F)C2)nc(CN2C(=O)OC(c3cc(C(F)(F)F)cc(C(F)(F)F)c3)C2C)c1-c1cc(C2CC(C(=O)O)C2)ccc1O. The van der Waals surface area contributed by atoms with Gasteiger partial charge in [-0.1, -0.05) is 6.07 Å². The number of amides is 1. The second-order valence-corrected chi connectivity index (χ2v) is 12.6. The van der Waals surface area contributed by atoms with Crippen molar-refractivity contribution < 1.29 is 59.7 Å². The Kier molecular flexibility index (Phi) is 8.17. The number of nitrogens with zero attached hydrogens (tertiary/aromatic N) is 4. The van der Waals surface area contributed by atoms with Crippen LogP contribution in [-0.2, 0) is 28.4 Å². The molecule has 262 valence electrons. The minimum absolute atomic E-state index is 0.0339. The van der Waals surface area contributed by atoms with Gasteiger partial charge in [-0.15, -0.1) is 0 Å². The predicted octanol–water partition coefficient (Wildman–Crippen LogP) is 7.31. The zero-order valence-electron chi connectivity index (χ0n) is 25.7. The molecular formula is C32H28F8N4O5. The molecule has 17 heteroatoms. The average Bonchev–Trinajstić information content (AvgIpc) is 3.23. The van der Waals surface area contributed by atoms with E-state index in [2.05, 4.69) is 9.97 Å². The third kappa shape index (κ3) is 6.54. The number of carbonyl (C=O) groups is 2. The van der Waals surface area contributed by atoms with Crippen LogP contribution in [-0.4, -0.2) is 62.2 Å². The van der Waals surface area contributed by atoms with E-state index in [1.807, 2.05) is 0 Å². The largest absolute Gasteiger partial charge is 0.507 e. The summed E-state index contributed by atoms with van der Waals surface area (Å²) >= 11 is 0. The number of ether oxygens (including phenoxy) is 1. The number of phenols is 1. The monoisotopic (exact) mass is 700 g/mol. The first-order valence-electron chi connectivity index (χ1n) is 15.0. The fourth-order valence-electron chi connectivity index (χ4n) is 6.44. The van der Waals surface area contributed by atoms with Crippen molar-refractivity contribution in [3.05, 3.63) is 70.0 Å². The molecule has 0 radical (unpaired) electrons. The van der Waals surface area contributed by atoms with Crippen LogP contribution in [0.2, 0.25) is 0 Å². The first-order valence-corrected chi connectivity index (χ1v) is 15.0. The summed E-state index contributed by atoms with van der Waals surface area (Å²) in [5.74, 6) is -4.97. The van der Waals surface area contributed by atoms with Crippen LogP contribution in [0, 0.1) is 12.8 Å². The summed E-state index contributed by atoms with van der Waals surface area (Å²) < 4.78 is 114. The number of carboxylic acids is 1. The van der Waals surface area contributed by atoms with Gasteiger partial charge in [-0.3, -0.25) is 9.69 Å². The number of carboxylic acid groups (broad SMARTS) is 1. The summed E-state index contributed by atoms with van der Waals surface area (Å²) in [5.41, 5.74) is -2.38. The third-order valence-electron chi connectivity index (χ3n) is 9.18. The maximum absolute atomic E-state index is 13.8. The summed E-state index contributed by atoms with van der Waals surface area (Å²) in [7, 11) is 0. The molecule has 2 N–H and O–H groups in total. The van der Waals surface area contributed by atoms with Gasteiger partial charge in [0.15, 0.2) is 0 Å². The lowest BCUT2D eigenvalue weighted by molar-refractivity contribution is -0.145. The minimum atomic E-state index is -5.14. The molecule has 2 aromatic carbocycles. The van der Waals surface area contributed by atoms with E-state index in [1.54, 1.807) is 12.1 Å². The highest BCUT2D eigenvalue weighted by atomic mass is 19.4. The highest BCUT2D eigenvalue weighted by Crippen LogP contribution is 2.46. The molecule has 9 nitrogen and oxygen atoms in total. The van der Waals surface area contributed by atoms with Gasteiger partial charge in [0.2, 0.25) is 5.95 Å². The molecule has 2 unspecified atom stereocenters. The third-order valence-corrected chi connectivity index (χ3v) is 9.18. The molecule has 6 rings (SSSR count). The molecule has 3 fully saturated rings. The number of anilines is 1. The lowest BCUT2D eigenvalue weighted by atomic mass is 9.71. The number of hydrogen-bond donors (Lipinski definition) is 2. The summed E-state index contributed by atoms with van der Waals surface area (Å²) in [5, 5.41) is 20.2. The second kappa shape index (κ2) is 11.7. The summed E-state index contributed by atoms with van der Waals surface area (Å²) in [4.78, 5) is 35.6. The lowest BCUT2D eigenvalue weighted by Gasteiger charge is -2.39. The van der Waals surface area contributed by atoms with Gasteiger partial charge in [-0.05, 0) is 74.1 Å². The van der Waals surface area contributed by atoms with Crippen molar-refractivity contribution in [3.63, 3.8) is 0 Å². The Morgan fingerprint density at radius 3 is 2.14 bits per heavy atom. The number of benzene rings is 2. The molecule has 2 saturated heterocycles. The van der Waals surface area contributed by atoms with Crippen molar-refractivity contribution >= 4 is 18.0 Å². The normalized spacial score (nSPS) is 23.6. The first kappa shape index (κ1) is 34.2. The van der Waals surface area contributed by atoms with E-state index >= 15 is 0 Å². The summed E-state index contributed by atoms with van der Waals surface area (Å²) in [6.45, 7) is 1.04. The summed E-state index contributed by atoms with van der Waals surface area (Å²) in [6, 6.07) is 4.41. The zero-order chi connectivity index (χ0) is 35.8. The van der Waals surface area contributed by atoms with Crippen LogP contribution in [0.15, 0.2) is 36.4 Å². The average molecular weight is 701 g/mol. The minimum Gasteiger partial charge on any atom is -0.507 e. The highest BCUT2D eigenvalue weighted by molar-refractivity contribution is 5.77. The van der Waals surface area contributed by atoms with Gasteiger partial charge in [0.25, 0.3) is 5.92 Å². The Labute approximate surface area is 273 Å². The molecule has 2 aliphatic heterocycles. The van der Waals surface area contributed by atoms with E-state index in [0.717, 1.165) is 4.90 Å². The highest BCUT2D eigenvalue weighted by Gasteiger charge is 2.47. The van der Waals surface area contributed by atoms with Gasteiger partial charge >= 0.3 is 24.4 Å². The van der Waals surface area contributed by atoms with E-state index in [9.17, 15) is 54.9 Å². The number of cyclic esters (lactones) is 1. The fourth-order valence-corrected chi connectivity index (χ4v) is 6.44. The topological polar surface area (TPSA) is 116 Å². The van der Waals surface area contributed by atoms with Gasteiger partial charge in [-0.25, -0.2) is 23.5 Å². The van der Waals surface area contributed by atoms with Crippen LogP contribution in [0.5, 0.6) is 5.75 Å². The van der Waals surface area contributed by atoms with E-state index in [4.69, 9.17) is 4.74 Å². The van der Waals surface area contributed by atoms with Crippen molar-refractivity contribution in [2.45, 2.75) is 69.6 Å². The Balaban J connectivity index is 1.38. The quantitative estimate of drug-likeness (QED) is 0.247. The number of carbonyl (C=O) groups excluding carboxylic acids is 1. The van der Waals surface area contributed by atoms with Crippen molar-refractivity contribution in [3.8, 4) is 16.9 Å². The number of rotatable bonds is 7. The smallest absolute Gasteiger partial charge is 0.416 e. The summed E-state index contributed by atoms with van der Waals surface area (Å²) in [6.07, 6.45) is -12.2. The van der Waals surface area contributed by atoms with Crippen LogP contribution in [0.3, 0.4) is 0 Å². The first-order chi connectivity index (χ1) is 22.7. The van der Waals surface area contributed by atoms with Crippen LogP contribution in [0.25, 0.3) is 11.1 Å². The molecule has 2 atom stereocenters. The molecule has 3 aromatic rings. The molecule has 1 aromatic heterocycles. The molecule has 0 bridgehead atoms. The van der Waals surface area contributed by atoms with Crippen molar-refractivity contribution in [1.29, 1.82) is 0 Å². The Hall–Kier alpha value is -4.70. The lowest BCUT2D eigenvalue weighted by Crippen LogP contribution is -2.57. The van der Waals surface area contributed by atoms with Gasteiger partial charge in [0.05, 0.1) is 54.1 Å². The van der Waals surface area contributed by atoms with E-state index < -0.39 is 84.7 Å². The molecule has 1 aliphatic carbocycles. The standard InChI is InChI=1S/C32H28F8N4O5/c1-14-25(22-9-16(3-4-24(22)45)17-5-19(6-17)27(46)47)23(42-28(41-14)43-12-30(33,34)13-43)11-44-15(2)26(49-29(44)48)18-7-20(31(35,36)37)10-21(8-18)32(38,39)40/h3-4,7-10,15,17,19,26,45H,5-6,11-13H2,1-2H3,(H,46,47). The maximum atomic E-state index is 13.8. The number of phenolic OH excluding ortho intramolecular Hbond substituents is 1. The number of alkyl halides is 8. The molecule has 49 heavy (non-hydrogen) atoms. The Morgan fingerprint density at radius 2 is 1.59 bits per heavy atom. The van der Waals surface area contributed by atoms with Crippen molar-refractivity contribution in [1.82, 2.24) is 14.9 Å². The van der Waals surface area contributed by atoms with Gasteiger partial charge < -0.3 is 19.8 Å². The number of halogens is 8. The van der Waals surface area contributed by atoms with Gasteiger partial charge in [0.1, 0.15) is 11.9 Å². The number of aryl methyl sites for hydroxylation is 1. The second-order valence-electron chi connectivity index (χ2n) is 12.6. The number of aromatic hydroxyl groups is 1. The van der Waals surface area contributed by atoms with E-state index in [1.165, 1.54) is 24.8 Å². The molecule has 1 saturated carbocycles. The number of aromatic nitrogens is 2. The maximum Gasteiger partial charge on any atom is 0.416 e. The molecule has 1 amide bonds. The number of aliphatic carboxylic acids is 1. The predicted molar refractivity (Wildman–Crippen MR) is 155 cm³/mol. The van der Waals surface area contributed by atoms with E-state index in [-0.39, 0.29) is 46.2 Å². The van der Waals surface area contributed by atoms with Crippen LogP contribution in [0.1, 0.15) is 65.4 Å². The van der Waals surface area contributed by atoms with Crippen LogP contribution >= 0.6 is 0 Å². The van der Waals surface area contributed by atoms with E-state index in [0.29, 0.717) is 30.5 Å². The zero-order valence-corrected chi connectivity index (χ0v) is 25.7. The Morgan fingerprint density at radius 1 is 0.980 bits per heavy atom. The van der Waals surface area contributed by atoms with Gasteiger partial charge in [-0.2, -0.15) is 26.3 Å². The van der Waals surface area contributed by atoms with Crippen LogP contribution < -0.4 is 4.90 Å². The molecule has 3 heterocycles. The van der Waals surface area contributed by atoms with Gasteiger partial charge in [0, 0.05) is 11.1 Å².